The van der Waals surface area contributed by atoms with Crippen LogP contribution in [0.15, 0.2) is 62.8 Å². The first-order valence-electron chi connectivity index (χ1n) is 5.88. The van der Waals surface area contributed by atoms with Crippen molar-refractivity contribution in [2.45, 2.75) is 16.7 Å². The van der Waals surface area contributed by atoms with Gasteiger partial charge in [0.15, 0.2) is 0 Å². The van der Waals surface area contributed by atoms with Gasteiger partial charge in [0.2, 0.25) is 9.84 Å². The first-order chi connectivity index (χ1) is 9.45. The highest BCUT2D eigenvalue weighted by molar-refractivity contribution is 9.10. The third kappa shape index (κ3) is 2.99. The minimum absolute atomic E-state index is 0.0669. The van der Waals surface area contributed by atoms with E-state index < -0.39 is 15.7 Å². The lowest BCUT2D eigenvalue weighted by Crippen LogP contribution is -2.05. The van der Waals surface area contributed by atoms with E-state index in [9.17, 15) is 12.8 Å². The quantitative estimate of drug-likeness (QED) is 0.815. The zero-order valence-corrected chi connectivity index (χ0v) is 13.1. The number of rotatable bonds is 3. The topological polar surface area (TPSA) is 34.1 Å². The van der Waals surface area contributed by atoms with Crippen molar-refractivity contribution in [3.63, 3.8) is 0 Å². The second-order valence-corrected chi connectivity index (χ2v) is 6.98. The third-order valence-electron chi connectivity index (χ3n) is 2.73. The van der Waals surface area contributed by atoms with Crippen LogP contribution in [0.5, 0.6) is 0 Å². The Labute approximate surface area is 126 Å². The molecule has 0 fully saturated rings. The molecule has 0 spiro atoms. The maximum Gasteiger partial charge on any atom is 0.209 e. The maximum atomic E-state index is 13.9. The van der Waals surface area contributed by atoms with Crippen molar-refractivity contribution in [2.24, 2.45) is 0 Å². The normalized spacial score (nSPS) is 11.9. The molecule has 0 radical (unpaired) electrons. The molecule has 0 aliphatic carbocycles. The van der Waals surface area contributed by atoms with E-state index in [1.165, 1.54) is 30.3 Å². The van der Waals surface area contributed by atoms with E-state index in [1.54, 1.807) is 24.3 Å². The van der Waals surface area contributed by atoms with E-state index in [4.69, 9.17) is 0 Å². The molecule has 5 heteroatoms. The third-order valence-corrected chi connectivity index (χ3v) is 5.04. The first-order valence-corrected chi connectivity index (χ1v) is 8.15. The Kier molecular flexibility index (Phi) is 4.40. The van der Waals surface area contributed by atoms with Crippen LogP contribution < -0.4 is 0 Å². The molecule has 2 aromatic carbocycles. The lowest BCUT2D eigenvalue weighted by Gasteiger charge is -2.07. The molecule has 0 bridgehead atoms. The van der Waals surface area contributed by atoms with Gasteiger partial charge in [-0.15, -0.1) is 0 Å². The molecular weight excluding hydrogens is 343 g/mol. The predicted octanol–water partition coefficient (Wildman–Crippen LogP) is 4.45. The average molecular weight is 355 g/mol. The van der Waals surface area contributed by atoms with E-state index >= 15 is 0 Å². The summed E-state index contributed by atoms with van der Waals surface area (Å²) in [6.45, 7) is 1.81. The average Bonchev–Trinajstić information content (AvgIpc) is 2.41. The molecule has 0 aliphatic rings. The van der Waals surface area contributed by atoms with Crippen LogP contribution in [0.4, 0.5) is 4.39 Å². The van der Waals surface area contributed by atoms with Gasteiger partial charge in [0.05, 0.1) is 4.90 Å². The minimum Gasteiger partial charge on any atom is -0.218 e. The zero-order chi connectivity index (χ0) is 14.8. The maximum absolute atomic E-state index is 13.9. The van der Waals surface area contributed by atoms with Crippen LogP contribution in [0, 0.1) is 5.82 Å². The highest BCUT2D eigenvalue weighted by Gasteiger charge is 2.21. The van der Waals surface area contributed by atoms with Crippen LogP contribution >= 0.6 is 15.9 Å². The standard InChI is InChI=1S/C15H12BrFO2S/c1-2-3-11-4-9-14(17)15(10-11)20(18,19)13-7-5-12(16)6-8-13/h2-10H,1H3/b3-2+. The Morgan fingerprint density at radius 1 is 1.10 bits per heavy atom. The summed E-state index contributed by atoms with van der Waals surface area (Å²) in [5.41, 5.74) is 0.643. The number of hydrogen-bond donors (Lipinski definition) is 0. The van der Waals surface area contributed by atoms with Crippen LogP contribution in [0.1, 0.15) is 12.5 Å². The molecule has 0 aliphatic heterocycles. The summed E-state index contributed by atoms with van der Waals surface area (Å²) in [6, 6.07) is 10.2. The van der Waals surface area contributed by atoms with Crippen LogP contribution in [0.25, 0.3) is 6.08 Å². The highest BCUT2D eigenvalue weighted by Crippen LogP contribution is 2.26. The Balaban J connectivity index is 2.59. The molecule has 0 heterocycles. The summed E-state index contributed by atoms with van der Waals surface area (Å²) >= 11 is 3.24. The molecular formula is C15H12BrFO2S. The van der Waals surface area contributed by atoms with Crippen molar-refractivity contribution in [3.8, 4) is 0 Å². The Bertz CT molecular complexity index is 750. The number of hydrogen-bond acceptors (Lipinski definition) is 2. The van der Waals surface area contributed by atoms with Gasteiger partial charge in [-0.05, 0) is 48.9 Å². The van der Waals surface area contributed by atoms with Crippen molar-refractivity contribution in [3.05, 3.63) is 64.4 Å². The van der Waals surface area contributed by atoms with Crippen LogP contribution in [-0.4, -0.2) is 8.42 Å². The van der Waals surface area contributed by atoms with Crippen molar-refractivity contribution < 1.29 is 12.8 Å². The molecule has 0 amide bonds. The van der Waals surface area contributed by atoms with Gasteiger partial charge in [0.25, 0.3) is 0 Å². The summed E-state index contributed by atoms with van der Waals surface area (Å²) < 4.78 is 39.5. The lowest BCUT2D eigenvalue weighted by molar-refractivity contribution is 0.567. The van der Waals surface area contributed by atoms with Gasteiger partial charge in [-0.2, -0.15) is 0 Å². The van der Waals surface area contributed by atoms with Crippen molar-refractivity contribution in [1.29, 1.82) is 0 Å². The zero-order valence-electron chi connectivity index (χ0n) is 10.7. The molecule has 0 saturated carbocycles. The van der Waals surface area contributed by atoms with Crippen molar-refractivity contribution >= 4 is 31.8 Å². The Morgan fingerprint density at radius 3 is 2.35 bits per heavy atom. The SMILES string of the molecule is C/C=C/c1ccc(F)c(S(=O)(=O)c2ccc(Br)cc2)c1. The molecule has 0 atom stereocenters. The molecule has 0 aromatic heterocycles. The summed E-state index contributed by atoms with van der Waals surface area (Å²) in [5, 5.41) is 0. The van der Waals surface area contributed by atoms with Gasteiger partial charge in [-0.3, -0.25) is 0 Å². The molecule has 20 heavy (non-hydrogen) atoms. The van der Waals surface area contributed by atoms with E-state index in [-0.39, 0.29) is 9.79 Å². The van der Waals surface area contributed by atoms with E-state index in [1.807, 2.05) is 6.92 Å². The van der Waals surface area contributed by atoms with Crippen molar-refractivity contribution in [2.75, 3.05) is 0 Å². The molecule has 2 aromatic rings. The largest absolute Gasteiger partial charge is 0.218 e. The Hall–Kier alpha value is -1.46. The van der Waals surface area contributed by atoms with Gasteiger partial charge >= 0.3 is 0 Å². The first kappa shape index (κ1) is 14.9. The molecule has 0 saturated heterocycles. The fourth-order valence-corrected chi connectivity index (χ4v) is 3.39. The van der Waals surface area contributed by atoms with E-state index in [0.717, 1.165) is 4.47 Å². The fourth-order valence-electron chi connectivity index (χ4n) is 1.76. The summed E-state index contributed by atoms with van der Waals surface area (Å²) in [4.78, 5) is -0.243. The molecule has 2 nitrogen and oxygen atoms in total. The van der Waals surface area contributed by atoms with E-state index in [2.05, 4.69) is 15.9 Å². The van der Waals surface area contributed by atoms with Gasteiger partial charge in [0.1, 0.15) is 10.7 Å². The minimum atomic E-state index is -3.86. The molecule has 104 valence electrons. The molecule has 0 unspecified atom stereocenters. The Morgan fingerprint density at radius 2 is 1.75 bits per heavy atom. The van der Waals surface area contributed by atoms with Crippen LogP contribution in [-0.2, 0) is 9.84 Å². The smallest absolute Gasteiger partial charge is 0.209 e. The summed E-state index contributed by atoms with van der Waals surface area (Å²) in [5.74, 6) is -0.749. The molecule has 2 rings (SSSR count). The fraction of sp³-hybridized carbons (Fsp3) is 0.0667. The predicted molar refractivity (Wildman–Crippen MR) is 80.7 cm³/mol. The summed E-state index contributed by atoms with van der Waals surface area (Å²) in [7, 11) is -3.86. The number of allylic oxidation sites excluding steroid dienone is 1. The van der Waals surface area contributed by atoms with Gasteiger partial charge in [-0.1, -0.05) is 34.1 Å². The highest BCUT2D eigenvalue weighted by atomic mass is 79.9. The van der Waals surface area contributed by atoms with Gasteiger partial charge in [0, 0.05) is 4.47 Å². The lowest BCUT2D eigenvalue weighted by atomic mass is 10.2. The molecule has 0 N–H and O–H groups in total. The number of halogens is 2. The van der Waals surface area contributed by atoms with Gasteiger partial charge in [-0.25, -0.2) is 12.8 Å². The number of sulfone groups is 1. The van der Waals surface area contributed by atoms with Crippen LogP contribution in [0.2, 0.25) is 0 Å². The second-order valence-electron chi connectivity index (χ2n) is 4.15. The van der Waals surface area contributed by atoms with Crippen LogP contribution in [0.3, 0.4) is 0 Å². The second kappa shape index (κ2) is 5.89. The van der Waals surface area contributed by atoms with Crippen molar-refractivity contribution in [1.82, 2.24) is 0 Å². The summed E-state index contributed by atoms with van der Waals surface area (Å²) in [6.07, 6.45) is 3.49. The van der Waals surface area contributed by atoms with E-state index in [0.29, 0.717) is 5.56 Å². The monoisotopic (exact) mass is 354 g/mol. The number of benzene rings is 2. The van der Waals surface area contributed by atoms with Gasteiger partial charge < -0.3 is 0 Å².